The SMILES string of the molecule is COc1cccc(S(=O)(=O)NCc2nnn3c2CN(C)C(=O)C3C)c1. The molecule has 1 amide bonds. The van der Waals surface area contributed by atoms with Gasteiger partial charge in [-0.25, -0.2) is 17.8 Å². The van der Waals surface area contributed by atoms with E-state index < -0.39 is 16.1 Å². The molecule has 1 unspecified atom stereocenters. The maximum absolute atomic E-state index is 12.5. The predicted molar refractivity (Wildman–Crippen MR) is 88.2 cm³/mol. The topological polar surface area (TPSA) is 106 Å². The number of nitrogens with one attached hydrogen (secondary N) is 1. The molecule has 0 radical (unpaired) electrons. The number of ether oxygens (including phenoxy) is 1. The standard InChI is InChI=1S/C15H19N5O4S/c1-10-15(21)19(2)9-14-13(17-18-20(10)14)8-16-25(22,23)12-6-4-5-11(7-12)24-3/h4-7,10,16H,8-9H2,1-3H3. The number of likely N-dealkylation sites (N-methyl/N-ethyl adjacent to an activating group) is 1. The normalized spacial score (nSPS) is 17.5. The lowest BCUT2D eigenvalue weighted by atomic mass is 10.2. The van der Waals surface area contributed by atoms with Gasteiger partial charge < -0.3 is 9.64 Å². The van der Waals surface area contributed by atoms with Gasteiger partial charge in [0.25, 0.3) is 0 Å². The van der Waals surface area contributed by atoms with Crippen LogP contribution in [0, 0.1) is 0 Å². The Balaban J connectivity index is 1.80. The molecule has 2 aromatic rings. The number of fused-ring (bicyclic) bond motifs is 1. The summed E-state index contributed by atoms with van der Waals surface area (Å²) in [5.74, 6) is 0.402. The van der Waals surface area contributed by atoms with E-state index in [1.165, 1.54) is 23.9 Å². The first-order valence-electron chi connectivity index (χ1n) is 7.65. The average molecular weight is 365 g/mol. The average Bonchev–Trinajstić information content (AvgIpc) is 3.01. The lowest BCUT2D eigenvalue weighted by molar-refractivity contribution is -0.135. The smallest absolute Gasteiger partial charge is 0.247 e. The minimum Gasteiger partial charge on any atom is -0.497 e. The van der Waals surface area contributed by atoms with Gasteiger partial charge >= 0.3 is 0 Å². The lowest BCUT2D eigenvalue weighted by Crippen LogP contribution is -2.39. The van der Waals surface area contributed by atoms with Crippen LogP contribution in [0.15, 0.2) is 29.2 Å². The Bertz CT molecular complexity index is 908. The Kier molecular flexibility index (Phi) is 4.48. The molecular weight excluding hydrogens is 346 g/mol. The fraction of sp³-hybridized carbons (Fsp3) is 0.400. The number of carbonyl (C=O) groups excluding carboxylic acids is 1. The van der Waals surface area contributed by atoms with E-state index in [9.17, 15) is 13.2 Å². The molecule has 3 rings (SSSR count). The highest BCUT2D eigenvalue weighted by Gasteiger charge is 2.31. The largest absolute Gasteiger partial charge is 0.497 e. The number of amides is 1. The van der Waals surface area contributed by atoms with E-state index in [2.05, 4.69) is 15.0 Å². The molecular formula is C15H19N5O4S. The maximum Gasteiger partial charge on any atom is 0.247 e. The van der Waals surface area contributed by atoms with Gasteiger partial charge in [-0.15, -0.1) is 5.10 Å². The van der Waals surface area contributed by atoms with E-state index in [-0.39, 0.29) is 17.3 Å². The van der Waals surface area contributed by atoms with E-state index >= 15 is 0 Å². The molecule has 0 saturated heterocycles. The summed E-state index contributed by atoms with van der Waals surface area (Å²) in [6.45, 7) is 2.07. The molecule has 0 bridgehead atoms. The summed E-state index contributed by atoms with van der Waals surface area (Å²) in [6, 6.07) is 5.75. The van der Waals surface area contributed by atoms with E-state index in [0.29, 0.717) is 18.0 Å². The molecule has 0 saturated carbocycles. The molecule has 1 aromatic heterocycles. The number of rotatable bonds is 5. The third-order valence-electron chi connectivity index (χ3n) is 4.14. The molecule has 1 aliphatic rings. The van der Waals surface area contributed by atoms with Gasteiger partial charge in [0.05, 0.1) is 30.8 Å². The Hall–Kier alpha value is -2.46. The van der Waals surface area contributed by atoms with Crippen LogP contribution in [0.2, 0.25) is 0 Å². The van der Waals surface area contributed by atoms with Crippen LogP contribution >= 0.6 is 0 Å². The minimum atomic E-state index is -3.72. The van der Waals surface area contributed by atoms with Crippen LogP contribution in [0.5, 0.6) is 5.75 Å². The van der Waals surface area contributed by atoms with Crippen molar-refractivity contribution in [3.8, 4) is 5.75 Å². The molecule has 1 atom stereocenters. The van der Waals surface area contributed by atoms with Crippen LogP contribution in [0.3, 0.4) is 0 Å². The fourth-order valence-corrected chi connectivity index (χ4v) is 3.72. The third kappa shape index (κ3) is 3.22. The number of methoxy groups -OCH3 is 1. The summed E-state index contributed by atoms with van der Waals surface area (Å²) < 4.78 is 34.0. The highest BCUT2D eigenvalue weighted by molar-refractivity contribution is 7.89. The highest BCUT2D eigenvalue weighted by atomic mass is 32.2. The second kappa shape index (κ2) is 6.45. The molecule has 10 heteroatoms. The van der Waals surface area contributed by atoms with Crippen molar-refractivity contribution in [2.75, 3.05) is 14.2 Å². The zero-order chi connectivity index (χ0) is 18.2. The molecule has 134 valence electrons. The van der Waals surface area contributed by atoms with Gasteiger partial charge in [-0.05, 0) is 19.1 Å². The van der Waals surface area contributed by atoms with Gasteiger partial charge in [0.15, 0.2) is 0 Å². The highest BCUT2D eigenvalue weighted by Crippen LogP contribution is 2.22. The molecule has 9 nitrogen and oxygen atoms in total. The molecule has 1 aliphatic heterocycles. The first-order valence-corrected chi connectivity index (χ1v) is 9.13. The minimum absolute atomic E-state index is 0.0103. The van der Waals surface area contributed by atoms with Gasteiger partial charge in [-0.3, -0.25) is 4.79 Å². The zero-order valence-electron chi connectivity index (χ0n) is 14.1. The van der Waals surface area contributed by atoms with Crippen molar-refractivity contribution in [2.45, 2.75) is 31.0 Å². The van der Waals surface area contributed by atoms with Crippen molar-refractivity contribution < 1.29 is 17.9 Å². The first kappa shape index (κ1) is 17.4. The van der Waals surface area contributed by atoms with Crippen LogP contribution in [-0.2, 0) is 27.9 Å². The Morgan fingerprint density at radius 1 is 1.40 bits per heavy atom. The molecule has 1 aromatic carbocycles. The molecule has 0 aliphatic carbocycles. The fourth-order valence-electron chi connectivity index (χ4n) is 2.70. The Labute approximate surface area is 145 Å². The summed E-state index contributed by atoms with van der Waals surface area (Å²) in [5.41, 5.74) is 1.22. The van der Waals surface area contributed by atoms with E-state index in [0.717, 1.165) is 5.69 Å². The first-order chi connectivity index (χ1) is 11.8. The predicted octanol–water partition coefficient (Wildman–Crippen LogP) is 0.298. The second-order valence-electron chi connectivity index (χ2n) is 5.80. The summed E-state index contributed by atoms with van der Waals surface area (Å²) in [7, 11) is -0.554. The number of benzene rings is 1. The van der Waals surface area contributed by atoms with Crippen LogP contribution in [-0.4, -0.2) is 48.4 Å². The van der Waals surface area contributed by atoms with Gasteiger partial charge in [0.1, 0.15) is 17.5 Å². The van der Waals surface area contributed by atoms with Crippen LogP contribution < -0.4 is 9.46 Å². The van der Waals surface area contributed by atoms with E-state index in [1.54, 1.807) is 31.0 Å². The van der Waals surface area contributed by atoms with Gasteiger partial charge in [0, 0.05) is 13.1 Å². The molecule has 25 heavy (non-hydrogen) atoms. The Morgan fingerprint density at radius 2 is 2.16 bits per heavy atom. The Morgan fingerprint density at radius 3 is 2.88 bits per heavy atom. The van der Waals surface area contributed by atoms with E-state index in [1.807, 2.05) is 0 Å². The number of carbonyl (C=O) groups is 1. The number of hydrogen-bond donors (Lipinski definition) is 1. The van der Waals surface area contributed by atoms with Crippen LogP contribution in [0.1, 0.15) is 24.4 Å². The number of aromatic nitrogens is 3. The number of sulfonamides is 1. The van der Waals surface area contributed by atoms with Crippen LogP contribution in [0.25, 0.3) is 0 Å². The molecule has 2 heterocycles. The van der Waals surface area contributed by atoms with Crippen molar-refractivity contribution in [3.63, 3.8) is 0 Å². The van der Waals surface area contributed by atoms with Gasteiger partial charge in [0.2, 0.25) is 15.9 Å². The van der Waals surface area contributed by atoms with Crippen molar-refractivity contribution in [1.29, 1.82) is 0 Å². The van der Waals surface area contributed by atoms with E-state index in [4.69, 9.17) is 4.74 Å². The lowest BCUT2D eigenvalue weighted by Gasteiger charge is -2.28. The van der Waals surface area contributed by atoms with Crippen LogP contribution in [0.4, 0.5) is 0 Å². The summed E-state index contributed by atoms with van der Waals surface area (Å²) >= 11 is 0. The molecule has 0 spiro atoms. The summed E-state index contributed by atoms with van der Waals surface area (Å²) in [6.07, 6.45) is 0. The molecule has 0 fully saturated rings. The van der Waals surface area contributed by atoms with Crippen molar-refractivity contribution in [3.05, 3.63) is 35.7 Å². The van der Waals surface area contributed by atoms with Crippen molar-refractivity contribution >= 4 is 15.9 Å². The summed E-state index contributed by atoms with van der Waals surface area (Å²) in [5, 5.41) is 8.02. The quantitative estimate of drug-likeness (QED) is 0.817. The van der Waals surface area contributed by atoms with Gasteiger partial charge in [-0.1, -0.05) is 11.3 Å². The monoisotopic (exact) mass is 365 g/mol. The van der Waals surface area contributed by atoms with Crippen molar-refractivity contribution in [1.82, 2.24) is 24.6 Å². The van der Waals surface area contributed by atoms with Crippen molar-refractivity contribution in [2.24, 2.45) is 0 Å². The zero-order valence-corrected chi connectivity index (χ0v) is 14.9. The van der Waals surface area contributed by atoms with Gasteiger partial charge in [-0.2, -0.15) is 0 Å². The second-order valence-corrected chi connectivity index (χ2v) is 7.57. The molecule has 1 N–H and O–H groups in total. The summed E-state index contributed by atoms with van der Waals surface area (Å²) in [4.78, 5) is 13.7. The number of nitrogens with zero attached hydrogens (tertiary/aromatic N) is 4. The number of hydrogen-bond acceptors (Lipinski definition) is 6. The third-order valence-corrected chi connectivity index (χ3v) is 5.54. The maximum atomic E-state index is 12.5.